The van der Waals surface area contributed by atoms with Crippen LogP contribution in [0.4, 0.5) is 0 Å². The van der Waals surface area contributed by atoms with E-state index in [1.54, 1.807) is 0 Å². The SMILES string of the molecule is CC(C)(C)CCC(=O)OCCC(=O)O. The zero-order valence-electron chi connectivity index (χ0n) is 9.00. The maximum absolute atomic E-state index is 11.1. The lowest BCUT2D eigenvalue weighted by atomic mass is 9.91. The average Bonchev–Trinajstić information content (AvgIpc) is 1.99. The van der Waals surface area contributed by atoms with E-state index in [9.17, 15) is 9.59 Å². The van der Waals surface area contributed by atoms with Crippen LogP contribution in [0.5, 0.6) is 0 Å². The van der Waals surface area contributed by atoms with Crippen molar-refractivity contribution < 1.29 is 19.4 Å². The van der Waals surface area contributed by atoms with E-state index in [1.165, 1.54) is 0 Å². The molecule has 0 fully saturated rings. The first kappa shape index (κ1) is 12.9. The summed E-state index contributed by atoms with van der Waals surface area (Å²) in [6.07, 6.45) is 0.975. The molecule has 4 nitrogen and oxygen atoms in total. The van der Waals surface area contributed by atoms with Gasteiger partial charge in [-0.3, -0.25) is 9.59 Å². The Morgan fingerprint density at radius 3 is 2.21 bits per heavy atom. The maximum atomic E-state index is 11.1. The van der Waals surface area contributed by atoms with Crippen LogP contribution in [-0.2, 0) is 14.3 Å². The molecule has 0 atom stereocenters. The van der Waals surface area contributed by atoms with Gasteiger partial charge in [0.25, 0.3) is 0 Å². The molecular weight excluding hydrogens is 184 g/mol. The summed E-state index contributed by atoms with van der Waals surface area (Å²) in [6, 6.07) is 0. The summed E-state index contributed by atoms with van der Waals surface area (Å²) in [4.78, 5) is 21.2. The lowest BCUT2D eigenvalue weighted by Gasteiger charge is -2.16. The number of rotatable bonds is 5. The van der Waals surface area contributed by atoms with Gasteiger partial charge >= 0.3 is 11.9 Å². The van der Waals surface area contributed by atoms with Crippen LogP contribution < -0.4 is 0 Å². The molecule has 1 N–H and O–H groups in total. The fourth-order valence-corrected chi connectivity index (χ4v) is 0.801. The number of carbonyl (C=O) groups is 2. The highest BCUT2D eigenvalue weighted by Gasteiger charge is 2.13. The van der Waals surface area contributed by atoms with Gasteiger partial charge in [-0.2, -0.15) is 0 Å². The molecular formula is C10H18O4. The Labute approximate surface area is 84.3 Å². The second-order valence-corrected chi connectivity index (χ2v) is 4.42. The highest BCUT2D eigenvalue weighted by Crippen LogP contribution is 2.20. The first-order valence-corrected chi connectivity index (χ1v) is 4.69. The third-order valence-corrected chi connectivity index (χ3v) is 1.66. The smallest absolute Gasteiger partial charge is 0.306 e. The van der Waals surface area contributed by atoms with Crippen molar-refractivity contribution in [2.75, 3.05) is 6.61 Å². The van der Waals surface area contributed by atoms with Crippen molar-refractivity contribution >= 4 is 11.9 Å². The van der Waals surface area contributed by atoms with Crippen molar-refractivity contribution in [2.45, 2.75) is 40.0 Å². The Morgan fingerprint density at radius 1 is 1.21 bits per heavy atom. The van der Waals surface area contributed by atoms with Crippen molar-refractivity contribution in [3.8, 4) is 0 Å². The summed E-state index contributed by atoms with van der Waals surface area (Å²) in [5, 5.41) is 8.29. The molecule has 0 aromatic rings. The number of carbonyl (C=O) groups excluding carboxylic acids is 1. The standard InChI is InChI=1S/C10H18O4/c1-10(2,3)6-4-9(13)14-7-5-8(11)12/h4-7H2,1-3H3,(H,11,12). The highest BCUT2D eigenvalue weighted by molar-refractivity contribution is 5.70. The van der Waals surface area contributed by atoms with Crippen molar-refractivity contribution in [1.29, 1.82) is 0 Å². The van der Waals surface area contributed by atoms with Gasteiger partial charge in [0.1, 0.15) is 6.61 Å². The van der Waals surface area contributed by atoms with Crippen LogP contribution in [0.15, 0.2) is 0 Å². The number of aliphatic carboxylic acids is 1. The monoisotopic (exact) mass is 202 g/mol. The Morgan fingerprint density at radius 2 is 1.79 bits per heavy atom. The summed E-state index contributed by atoms with van der Waals surface area (Å²) < 4.78 is 4.73. The number of hydrogen-bond donors (Lipinski definition) is 1. The van der Waals surface area contributed by atoms with Gasteiger partial charge < -0.3 is 9.84 Å². The number of carboxylic acid groups (broad SMARTS) is 1. The minimum Gasteiger partial charge on any atom is -0.481 e. The lowest BCUT2D eigenvalue weighted by molar-refractivity contribution is -0.147. The molecule has 0 aliphatic rings. The van der Waals surface area contributed by atoms with Gasteiger partial charge in [-0.05, 0) is 11.8 Å². The Balaban J connectivity index is 3.52. The van der Waals surface area contributed by atoms with Gasteiger partial charge in [0.05, 0.1) is 6.42 Å². The fraction of sp³-hybridized carbons (Fsp3) is 0.800. The Kier molecular flexibility index (Phi) is 5.20. The molecule has 14 heavy (non-hydrogen) atoms. The highest BCUT2D eigenvalue weighted by atomic mass is 16.5. The normalized spacial score (nSPS) is 11.1. The molecule has 0 amide bonds. The van der Waals surface area contributed by atoms with Crippen molar-refractivity contribution in [1.82, 2.24) is 0 Å². The number of ether oxygens (including phenoxy) is 1. The topological polar surface area (TPSA) is 63.6 Å². The van der Waals surface area contributed by atoms with Crippen LogP contribution in [0.1, 0.15) is 40.0 Å². The van der Waals surface area contributed by atoms with Gasteiger partial charge in [0, 0.05) is 6.42 Å². The summed E-state index contributed by atoms with van der Waals surface area (Å²) in [5.41, 5.74) is 0.103. The van der Waals surface area contributed by atoms with E-state index in [1.807, 2.05) is 20.8 Å². The number of esters is 1. The van der Waals surface area contributed by atoms with E-state index in [2.05, 4.69) is 0 Å². The molecule has 0 aliphatic carbocycles. The fourth-order valence-electron chi connectivity index (χ4n) is 0.801. The van der Waals surface area contributed by atoms with E-state index in [0.29, 0.717) is 6.42 Å². The first-order valence-electron chi connectivity index (χ1n) is 4.69. The van der Waals surface area contributed by atoms with Gasteiger partial charge in [-0.25, -0.2) is 0 Å². The summed E-state index contributed by atoms with van der Waals surface area (Å²) in [6.45, 7) is 6.09. The molecule has 0 unspecified atom stereocenters. The predicted octanol–water partition coefficient (Wildman–Crippen LogP) is 1.83. The largest absolute Gasteiger partial charge is 0.481 e. The first-order chi connectivity index (χ1) is 6.31. The summed E-state index contributed by atoms with van der Waals surface area (Å²) in [5.74, 6) is -1.27. The minimum absolute atomic E-state index is 0.0295. The van der Waals surface area contributed by atoms with Crippen molar-refractivity contribution in [2.24, 2.45) is 5.41 Å². The maximum Gasteiger partial charge on any atom is 0.306 e. The molecule has 0 radical (unpaired) electrons. The molecule has 0 saturated heterocycles. The van der Waals surface area contributed by atoms with Gasteiger partial charge in [0.15, 0.2) is 0 Å². The van der Waals surface area contributed by atoms with Crippen LogP contribution >= 0.6 is 0 Å². The van der Waals surface area contributed by atoms with Crippen LogP contribution in [0.25, 0.3) is 0 Å². The predicted molar refractivity (Wildman–Crippen MR) is 51.9 cm³/mol. The summed E-state index contributed by atoms with van der Waals surface area (Å²) >= 11 is 0. The molecule has 0 heterocycles. The second-order valence-electron chi connectivity index (χ2n) is 4.42. The quantitative estimate of drug-likeness (QED) is 0.691. The average molecular weight is 202 g/mol. The Bertz CT molecular complexity index is 203. The number of hydrogen-bond acceptors (Lipinski definition) is 3. The molecule has 0 aromatic heterocycles. The third-order valence-electron chi connectivity index (χ3n) is 1.66. The molecule has 0 spiro atoms. The number of carboxylic acids is 1. The second kappa shape index (κ2) is 5.62. The molecule has 0 aromatic carbocycles. The zero-order valence-corrected chi connectivity index (χ0v) is 9.00. The molecule has 0 aliphatic heterocycles. The van der Waals surface area contributed by atoms with Crippen LogP contribution in [0.2, 0.25) is 0 Å². The van der Waals surface area contributed by atoms with E-state index >= 15 is 0 Å². The summed E-state index contributed by atoms with van der Waals surface area (Å²) in [7, 11) is 0. The minimum atomic E-state index is -0.950. The molecule has 0 saturated carbocycles. The third kappa shape index (κ3) is 9.03. The van der Waals surface area contributed by atoms with Crippen molar-refractivity contribution in [3.63, 3.8) is 0 Å². The molecule has 0 bridgehead atoms. The van der Waals surface area contributed by atoms with Crippen LogP contribution in [-0.4, -0.2) is 23.7 Å². The van der Waals surface area contributed by atoms with E-state index < -0.39 is 5.97 Å². The molecule has 82 valence electrons. The van der Waals surface area contributed by atoms with Gasteiger partial charge in [0.2, 0.25) is 0 Å². The zero-order chi connectivity index (χ0) is 11.2. The van der Waals surface area contributed by atoms with Crippen molar-refractivity contribution in [3.05, 3.63) is 0 Å². The van der Waals surface area contributed by atoms with Crippen LogP contribution in [0, 0.1) is 5.41 Å². The van der Waals surface area contributed by atoms with E-state index in [4.69, 9.17) is 9.84 Å². The van der Waals surface area contributed by atoms with Gasteiger partial charge in [-0.1, -0.05) is 20.8 Å². The van der Waals surface area contributed by atoms with Gasteiger partial charge in [-0.15, -0.1) is 0 Å². The lowest BCUT2D eigenvalue weighted by Crippen LogP contribution is -2.13. The molecule has 4 heteroatoms. The van der Waals surface area contributed by atoms with E-state index in [-0.39, 0.29) is 24.4 Å². The Hall–Kier alpha value is -1.06. The molecule has 0 rings (SSSR count). The van der Waals surface area contributed by atoms with Crippen LogP contribution in [0.3, 0.4) is 0 Å². The van der Waals surface area contributed by atoms with E-state index in [0.717, 1.165) is 6.42 Å².